The lowest BCUT2D eigenvalue weighted by Crippen LogP contribution is -2.46. The number of ether oxygens (including phenoxy) is 1. The number of rotatable bonds is 4. The molecule has 2 N–H and O–H groups in total. The molecule has 22 heavy (non-hydrogen) atoms. The van der Waals surface area contributed by atoms with Crippen molar-refractivity contribution in [2.75, 3.05) is 7.11 Å². The minimum atomic E-state index is -0.799. The normalized spacial score (nSPS) is 19.4. The van der Waals surface area contributed by atoms with Gasteiger partial charge in [0.05, 0.1) is 13.2 Å². The van der Waals surface area contributed by atoms with Crippen molar-refractivity contribution in [1.82, 2.24) is 10.6 Å². The number of ketones is 1. The van der Waals surface area contributed by atoms with Gasteiger partial charge in [-0.25, -0.2) is 10.1 Å². The fourth-order valence-corrected chi connectivity index (χ4v) is 2.36. The first-order chi connectivity index (χ1) is 10.4. The number of hydrazone groups is 1. The van der Waals surface area contributed by atoms with Crippen LogP contribution in [0.5, 0.6) is 5.75 Å². The first-order valence-electron chi connectivity index (χ1n) is 6.54. The van der Waals surface area contributed by atoms with Gasteiger partial charge in [0.2, 0.25) is 0 Å². The quantitative estimate of drug-likeness (QED) is 0.642. The molecular formula is C14H16N4O4. The topological polar surface area (TPSA) is 106 Å². The van der Waals surface area contributed by atoms with Gasteiger partial charge in [-0.05, 0) is 31.5 Å². The van der Waals surface area contributed by atoms with E-state index in [4.69, 9.17) is 4.74 Å². The number of nitro groups is 1. The van der Waals surface area contributed by atoms with Crippen LogP contribution < -0.4 is 15.4 Å². The van der Waals surface area contributed by atoms with E-state index < -0.39 is 11.1 Å². The van der Waals surface area contributed by atoms with Crippen molar-refractivity contribution >= 4 is 11.7 Å². The molecule has 0 saturated carbocycles. The fourth-order valence-electron chi connectivity index (χ4n) is 2.36. The second kappa shape index (κ2) is 6.25. The van der Waals surface area contributed by atoms with Crippen molar-refractivity contribution < 1.29 is 14.6 Å². The molecule has 0 aliphatic carbocycles. The van der Waals surface area contributed by atoms with Gasteiger partial charge in [-0.3, -0.25) is 4.79 Å². The summed E-state index contributed by atoms with van der Waals surface area (Å²) in [5.74, 6) is 0.550. The van der Waals surface area contributed by atoms with E-state index >= 15 is 0 Å². The van der Waals surface area contributed by atoms with Crippen LogP contribution >= 0.6 is 0 Å². The second-order valence-electron chi connectivity index (χ2n) is 4.76. The molecular weight excluding hydrogens is 288 g/mol. The van der Waals surface area contributed by atoms with Crippen molar-refractivity contribution in [3.05, 3.63) is 51.2 Å². The first kappa shape index (κ1) is 15.5. The van der Waals surface area contributed by atoms with Gasteiger partial charge in [-0.2, -0.15) is 0 Å². The Labute approximate surface area is 127 Å². The standard InChI is InChI=1S/C14H16N4O4/c1-8-12(9(2)19)13(16-14(15-8)17-18(20)21)10-4-6-11(22-3)7-5-10/h4-7,13H,1-3H3,(H2,15,16,17)/t13-/m1/s1. The molecule has 1 aromatic rings. The molecule has 1 heterocycles. The number of allylic oxidation sites excluding steroid dienone is 1. The lowest BCUT2D eigenvalue weighted by atomic mass is 9.93. The van der Waals surface area contributed by atoms with Crippen LogP contribution in [-0.2, 0) is 4.79 Å². The number of nitrogens with one attached hydrogen (secondary N) is 2. The summed E-state index contributed by atoms with van der Waals surface area (Å²) >= 11 is 0. The van der Waals surface area contributed by atoms with Gasteiger partial charge in [0.15, 0.2) is 10.8 Å². The molecule has 1 aliphatic heterocycles. The third kappa shape index (κ3) is 3.22. The average Bonchev–Trinajstić information content (AvgIpc) is 2.45. The second-order valence-corrected chi connectivity index (χ2v) is 4.76. The molecule has 116 valence electrons. The van der Waals surface area contributed by atoms with Crippen LogP contribution in [0.4, 0.5) is 0 Å². The minimum absolute atomic E-state index is 0.00619. The number of hydrogen-bond acceptors (Lipinski definition) is 4. The Morgan fingerprint density at radius 3 is 2.50 bits per heavy atom. The number of carbonyl (C=O) groups is 1. The highest BCUT2D eigenvalue weighted by Gasteiger charge is 2.29. The summed E-state index contributed by atoms with van der Waals surface area (Å²) in [6.45, 7) is 3.14. The van der Waals surface area contributed by atoms with Crippen molar-refractivity contribution in [3.8, 4) is 5.75 Å². The fraction of sp³-hybridized carbons (Fsp3) is 0.286. The van der Waals surface area contributed by atoms with Gasteiger partial charge in [0, 0.05) is 11.3 Å². The van der Waals surface area contributed by atoms with E-state index in [2.05, 4.69) is 15.7 Å². The summed E-state index contributed by atoms with van der Waals surface area (Å²) in [5.41, 5.74) is 1.82. The number of methoxy groups -OCH3 is 1. The number of nitrogens with zero attached hydrogens (tertiary/aromatic N) is 2. The molecule has 0 unspecified atom stereocenters. The predicted octanol–water partition coefficient (Wildman–Crippen LogP) is 1.34. The predicted molar refractivity (Wildman–Crippen MR) is 79.8 cm³/mol. The zero-order valence-electron chi connectivity index (χ0n) is 12.4. The summed E-state index contributed by atoms with van der Waals surface area (Å²) in [6.07, 6.45) is 0. The molecule has 1 aliphatic rings. The summed E-state index contributed by atoms with van der Waals surface area (Å²) in [6, 6.07) is 6.60. The third-order valence-corrected chi connectivity index (χ3v) is 3.29. The number of hydrogen-bond donors (Lipinski definition) is 2. The third-order valence-electron chi connectivity index (χ3n) is 3.29. The van der Waals surface area contributed by atoms with Crippen LogP contribution in [0.25, 0.3) is 0 Å². The average molecular weight is 304 g/mol. The van der Waals surface area contributed by atoms with Crippen LogP contribution in [0, 0.1) is 10.1 Å². The molecule has 0 amide bonds. The van der Waals surface area contributed by atoms with Crippen LogP contribution in [0.3, 0.4) is 0 Å². The maximum absolute atomic E-state index is 11.9. The molecule has 2 rings (SSSR count). The molecule has 8 nitrogen and oxygen atoms in total. The molecule has 0 saturated heterocycles. The number of guanidine groups is 1. The Hall–Kier alpha value is -2.90. The van der Waals surface area contributed by atoms with E-state index in [1.165, 1.54) is 6.92 Å². The maximum atomic E-state index is 11.9. The summed E-state index contributed by atoms with van der Waals surface area (Å²) < 4.78 is 5.10. The lowest BCUT2D eigenvalue weighted by Gasteiger charge is -2.29. The highest BCUT2D eigenvalue weighted by Crippen LogP contribution is 2.28. The van der Waals surface area contributed by atoms with Gasteiger partial charge >= 0.3 is 0 Å². The molecule has 8 heteroatoms. The van der Waals surface area contributed by atoms with Crippen LogP contribution in [0.1, 0.15) is 25.5 Å². The highest BCUT2D eigenvalue weighted by atomic mass is 16.7. The largest absolute Gasteiger partial charge is 0.497 e. The smallest absolute Gasteiger partial charge is 0.273 e. The summed E-state index contributed by atoms with van der Waals surface area (Å²) in [7, 11) is 1.56. The van der Waals surface area contributed by atoms with E-state index in [0.29, 0.717) is 17.0 Å². The Morgan fingerprint density at radius 2 is 2.00 bits per heavy atom. The highest BCUT2D eigenvalue weighted by molar-refractivity contribution is 5.99. The Morgan fingerprint density at radius 1 is 1.36 bits per heavy atom. The minimum Gasteiger partial charge on any atom is -0.497 e. The van der Waals surface area contributed by atoms with Crippen LogP contribution in [0.2, 0.25) is 0 Å². The van der Waals surface area contributed by atoms with Gasteiger partial charge in [-0.15, -0.1) is 0 Å². The molecule has 0 fully saturated rings. The molecule has 1 aromatic carbocycles. The van der Waals surface area contributed by atoms with E-state index in [-0.39, 0.29) is 11.7 Å². The zero-order chi connectivity index (χ0) is 16.3. The van der Waals surface area contributed by atoms with E-state index in [9.17, 15) is 14.9 Å². The SMILES string of the molecule is COc1ccc([C@H]2N/C(=N/[N+](=O)[O-])NC(C)=C2C(C)=O)cc1. The van der Waals surface area contributed by atoms with Gasteiger partial charge < -0.3 is 15.4 Å². The van der Waals surface area contributed by atoms with Gasteiger partial charge in [-0.1, -0.05) is 12.1 Å². The first-order valence-corrected chi connectivity index (χ1v) is 6.54. The molecule has 0 spiro atoms. The number of carbonyl (C=O) groups excluding carboxylic acids is 1. The maximum Gasteiger partial charge on any atom is 0.273 e. The number of Topliss-reactive ketones (excluding diaryl/α,β-unsaturated/α-hetero) is 1. The van der Waals surface area contributed by atoms with Crippen molar-refractivity contribution in [2.45, 2.75) is 19.9 Å². The molecule has 0 radical (unpaired) electrons. The van der Waals surface area contributed by atoms with Gasteiger partial charge in [0.1, 0.15) is 10.9 Å². The Balaban J connectivity index is 2.45. The number of benzene rings is 1. The van der Waals surface area contributed by atoms with Crippen LogP contribution in [0.15, 0.2) is 40.6 Å². The van der Waals surface area contributed by atoms with E-state index in [1.54, 1.807) is 38.3 Å². The van der Waals surface area contributed by atoms with Crippen molar-refractivity contribution in [2.24, 2.45) is 5.10 Å². The van der Waals surface area contributed by atoms with Crippen molar-refractivity contribution in [1.29, 1.82) is 0 Å². The monoisotopic (exact) mass is 304 g/mol. The Kier molecular flexibility index (Phi) is 4.40. The lowest BCUT2D eigenvalue weighted by molar-refractivity contribution is -0.485. The molecule has 0 aromatic heterocycles. The summed E-state index contributed by atoms with van der Waals surface area (Å²) in [4.78, 5) is 22.5. The summed E-state index contributed by atoms with van der Waals surface area (Å²) in [5, 5.41) is 18.6. The van der Waals surface area contributed by atoms with Crippen LogP contribution in [-0.4, -0.2) is 23.9 Å². The van der Waals surface area contributed by atoms with E-state index in [1.807, 2.05) is 0 Å². The van der Waals surface area contributed by atoms with E-state index in [0.717, 1.165) is 5.56 Å². The van der Waals surface area contributed by atoms with Crippen molar-refractivity contribution in [3.63, 3.8) is 0 Å². The molecule has 0 bridgehead atoms. The van der Waals surface area contributed by atoms with Gasteiger partial charge in [0.25, 0.3) is 5.96 Å². The Bertz CT molecular complexity index is 664. The molecule has 1 atom stereocenters. The zero-order valence-corrected chi connectivity index (χ0v) is 12.4.